The zero-order chi connectivity index (χ0) is 11.7. The van der Waals surface area contributed by atoms with Crippen LogP contribution >= 0.6 is 11.8 Å². The average Bonchev–Trinajstić information content (AvgIpc) is 2.60. The van der Waals surface area contributed by atoms with Gasteiger partial charge >= 0.3 is 0 Å². The van der Waals surface area contributed by atoms with Gasteiger partial charge < -0.3 is 4.90 Å². The smallest absolute Gasteiger partial charge is 0.240 e. The molecule has 2 aliphatic heterocycles. The third-order valence-electron chi connectivity index (χ3n) is 3.55. The summed E-state index contributed by atoms with van der Waals surface area (Å²) in [4.78, 5) is 16.6. The van der Waals surface area contributed by atoms with Gasteiger partial charge in [-0.1, -0.05) is 6.92 Å². The van der Waals surface area contributed by atoms with Crippen LogP contribution in [0.2, 0.25) is 0 Å². The molecule has 0 aliphatic carbocycles. The second-order valence-electron chi connectivity index (χ2n) is 5.11. The number of thioether (sulfide) groups is 1. The van der Waals surface area contributed by atoms with Crippen LogP contribution in [0.1, 0.15) is 27.2 Å². The summed E-state index contributed by atoms with van der Waals surface area (Å²) < 4.78 is 0. The van der Waals surface area contributed by atoms with Gasteiger partial charge in [0.25, 0.3) is 0 Å². The third kappa shape index (κ3) is 2.38. The highest BCUT2D eigenvalue weighted by atomic mass is 32.2. The summed E-state index contributed by atoms with van der Waals surface area (Å²) in [6.07, 6.45) is 1.02. The predicted octanol–water partition coefficient (Wildman–Crippen LogP) is 1.43. The minimum absolute atomic E-state index is 0.172. The molecule has 0 aromatic rings. The number of likely N-dealkylation sites (tertiary alicyclic amines) is 1. The lowest BCUT2D eigenvalue weighted by Gasteiger charge is -2.34. The van der Waals surface area contributed by atoms with Crippen LogP contribution < -0.4 is 0 Å². The van der Waals surface area contributed by atoms with Crippen molar-refractivity contribution < 1.29 is 4.79 Å². The van der Waals surface area contributed by atoms with Gasteiger partial charge in [0.1, 0.15) is 0 Å². The highest BCUT2D eigenvalue weighted by molar-refractivity contribution is 7.99. The first-order valence-corrected chi connectivity index (χ1v) is 7.30. The quantitative estimate of drug-likeness (QED) is 0.732. The molecule has 1 amide bonds. The summed E-state index contributed by atoms with van der Waals surface area (Å²) in [5, 5.41) is 0.676. The van der Waals surface area contributed by atoms with Gasteiger partial charge in [0.05, 0.1) is 6.04 Å². The molecule has 2 heterocycles. The molecule has 0 N–H and O–H groups in total. The van der Waals surface area contributed by atoms with Crippen molar-refractivity contribution in [3.63, 3.8) is 0 Å². The SMILES string of the molecule is CC(C)N1CC[C@@H](N2CCS[C@H](C)C2)C1=O. The summed E-state index contributed by atoms with van der Waals surface area (Å²) in [5.74, 6) is 1.53. The van der Waals surface area contributed by atoms with Crippen LogP contribution in [0.15, 0.2) is 0 Å². The van der Waals surface area contributed by atoms with Gasteiger partial charge in [-0.25, -0.2) is 0 Å². The van der Waals surface area contributed by atoms with E-state index in [9.17, 15) is 4.79 Å². The van der Waals surface area contributed by atoms with E-state index in [1.54, 1.807) is 0 Å². The zero-order valence-corrected chi connectivity index (χ0v) is 11.3. The van der Waals surface area contributed by atoms with Crippen LogP contribution in [-0.2, 0) is 4.79 Å². The van der Waals surface area contributed by atoms with E-state index < -0.39 is 0 Å². The molecular formula is C12H22N2OS. The third-order valence-corrected chi connectivity index (χ3v) is 4.68. The maximum absolute atomic E-state index is 12.2. The van der Waals surface area contributed by atoms with Crippen molar-refractivity contribution >= 4 is 17.7 Å². The summed E-state index contributed by atoms with van der Waals surface area (Å²) in [6, 6.07) is 0.528. The molecule has 4 heteroatoms. The maximum Gasteiger partial charge on any atom is 0.240 e. The van der Waals surface area contributed by atoms with Gasteiger partial charge in [0.2, 0.25) is 5.91 Å². The van der Waals surface area contributed by atoms with Gasteiger partial charge in [-0.3, -0.25) is 9.69 Å². The van der Waals surface area contributed by atoms with E-state index in [1.165, 1.54) is 5.75 Å². The summed E-state index contributed by atoms with van der Waals surface area (Å²) >= 11 is 2.02. The molecule has 0 spiro atoms. The molecule has 2 fully saturated rings. The molecule has 16 heavy (non-hydrogen) atoms. The Morgan fingerprint density at radius 1 is 1.38 bits per heavy atom. The summed E-state index contributed by atoms with van der Waals surface area (Å²) in [7, 11) is 0. The molecule has 0 aromatic heterocycles. The van der Waals surface area contributed by atoms with Crippen LogP contribution in [0.3, 0.4) is 0 Å². The Hall–Kier alpha value is -0.220. The molecule has 2 aliphatic rings. The molecule has 2 saturated heterocycles. The minimum atomic E-state index is 0.172. The lowest BCUT2D eigenvalue weighted by atomic mass is 10.2. The molecule has 0 radical (unpaired) electrons. The monoisotopic (exact) mass is 242 g/mol. The van der Waals surface area contributed by atoms with Crippen LogP contribution in [0, 0.1) is 0 Å². The molecule has 2 rings (SSSR count). The highest BCUT2D eigenvalue weighted by Crippen LogP contribution is 2.25. The lowest BCUT2D eigenvalue weighted by Crippen LogP contribution is -2.48. The van der Waals surface area contributed by atoms with E-state index in [2.05, 4.69) is 25.7 Å². The summed E-state index contributed by atoms with van der Waals surface area (Å²) in [6.45, 7) is 9.57. The first-order valence-electron chi connectivity index (χ1n) is 6.25. The lowest BCUT2D eigenvalue weighted by molar-refractivity contribution is -0.133. The van der Waals surface area contributed by atoms with Crippen molar-refractivity contribution in [1.82, 2.24) is 9.80 Å². The number of rotatable bonds is 2. The molecule has 92 valence electrons. The number of nitrogens with zero attached hydrogens (tertiary/aromatic N) is 2. The van der Waals surface area contributed by atoms with Crippen molar-refractivity contribution in [2.75, 3.05) is 25.4 Å². The number of amides is 1. The number of hydrogen-bond donors (Lipinski definition) is 0. The van der Waals surface area contributed by atoms with Gasteiger partial charge in [0.15, 0.2) is 0 Å². The zero-order valence-electron chi connectivity index (χ0n) is 10.5. The molecule has 0 saturated carbocycles. The van der Waals surface area contributed by atoms with Crippen molar-refractivity contribution in [2.24, 2.45) is 0 Å². The van der Waals surface area contributed by atoms with Crippen molar-refractivity contribution in [3.05, 3.63) is 0 Å². The van der Waals surface area contributed by atoms with E-state index in [4.69, 9.17) is 0 Å². The Kier molecular flexibility index (Phi) is 3.80. The average molecular weight is 242 g/mol. The fraction of sp³-hybridized carbons (Fsp3) is 0.917. The van der Waals surface area contributed by atoms with E-state index in [-0.39, 0.29) is 6.04 Å². The fourth-order valence-corrected chi connectivity index (χ4v) is 3.71. The Balaban J connectivity index is 1.98. The Bertz CT molecular complexity index is 270. The standard InChI is InChI=1S/C12H22N2OS/c1-9(2)14-5-4-11(12(14)15)13-6-7-16-10(3)8-13/h9-11H,4-8H2,1-3H3/t10-,11-/m1/s1. The number of carbonyl (C=O) groups excluding carboxylic acids is 1. The van der Waals surface area contributed by atoms with Gasteiger partial charge in [-0.2, -0.15) is 11.8 Å². The van der Waals surface area contributed by atoms with Gasteiger partial charge in [-0.05, 0) is 20.3 Å². The first-order chi connectivity index (χ1) is 7.59. The van der Waals surface area contributed by atoms with E-state index in [1.807, 2.05) is 16.7 Å². The molecular weight excluding hydrogens is 220 g/mol. The topological polar surface area (TPSA) is 23.6 Å². The largest absolute Gasteiger partial charge is 0.339 e. The first kappa shape index (κ1) is 12.2. The second kappa shape index (κ2) is 4.96. The predicted molar refractivity (Wildman–Crippen MR) is 68.7 cm³/mol. The highest BCUT2D eigenvalue weighted by Gasteiger charge is 2.38. The van der Waals surface area contributed by atoms with Crippen LogP contribution in [-0.4, -0.2) is 58.4 Å². The summed E-state index contributed by atoms with van der Waals surface area (Å²) in [5.41, 5.74) is 0. The van der Waals surface area contributed by atoms with Gasteiger partial charge in [-0.15, -0.1) is 0 Å². The molecule has 3 nitrogen and oxygen atoms in total. The molecule has 2 atom stereocenters. The minimum Gasteiger partial charge on any atom is -0.339 e. The van der Waals surface area contributed by atoms with Crippen molar-refractivity contribution in [3.8, 4) is 0 Å². The van der Waals surface area contributed by atoms with Crippen LogP contribution in [0.25, 0.3) is 0 Å². The fourth-order valence-electron chi connectivity index (χ4n) is 2.67. The van der Waals surface area contributed by atoms with E-state index >= 15 is 0 Å². The maximum atomic E-state index is 12.2. The number of hydrogen-bond acceptors (Lipinski definition) is 3. The van der Waals surface area contributed by atoms with Gasteiger partial charge in [0, 0.05) is 36.7 Å². The molecule has 0 unspecified atom stereocenters. The normalized spacial score (nSPS) is 32.8. The van der Waals surface area contributed by atoms with Crippen LogP contribution in [0.4, 0.5) is 0 Å². The number of carbonyl (C=O) groups is 1. The van der Waals surface area contributed by atoms with Crippen molar-refractivity contribution in [2.45, 2.75) is 44.5 Å². The van der Waals surface area contributed by atoms with E-state index in [0.717, 1.165) is 26.1 Å². The van der Waals surface area contributed by atoms with Crippen molar-refractivity contribution in [1.29, 1.82) is 0 Å². The Morgan fingerprint density at radius 2 is 2.12 bits per heavy atom. The second-order valence-corrected chi connectivity index (χ2v) is 6.65. The molecule has 0 bridgehead atoms. The molecule has 0 aromatic carbocycles. The van der Waals surface area contributed by atoms with E-state index in [0.29, 0.717) is 17.2 Å². The Morgan fingerprint density at radius 3 is 2.69 bits per heavy atom. The van der Waals surface area contributed by atoms with Crippen LogP contribution in [0.5, 0.6) is 0 Å². The Labute approximate surface area is 103 Å².